The second-order valence-corrected chi connectivity index (χ2v) is 8.04. The molecule has 0 spiro atoms. The highest BCUT2D eigenvalue weighted by atomic mass is 127. The molecular formula is C21H30IN3OS. The van der Waals surface area contributed by atoms with Gasteiger partial charge in [-0.05, 0) is 24.0 Å². The van der Waals surface area contributed by atoms with E-state index in [4.69, 9.17) is 0 Å². The number of hydrogen-bond donors (Lipinski definition) is 2. The monoisotopic (exact) mass is 499 g/mol. The van der Waals surface area contributed by atoms with E-state index in [-0.39, 0.29) is 24.0 Å². The summed E-state index contributed by atoms with van der Waals surface area (Å²) in [5.41, 5.74) is 3.69. The van der Waals surface area contributed by atoms with Crippen molar-refractivity contribution < 1.29 is 4.21 Å². The number of nitrogens with zero attached hydrogens (tertiary/aromatic N) is 1. The van der Waals surface area contributed by atoms with Crippen LogP contribution in [0.2, 0.25) is 0 Å². The molecule has 4 nitrogen and oxygen atoms in total. The first-order chi connectivity index (χ1) is 12.6. The van der Waals surface area contributed by atoms with Gasteiger partial charge in [-0.25, -0.2) is 0 Å². The number of benzene rings is 2. The standard InChI is InChI=1S/C21H29N3OS.HI/c1-17-9-11-20(12-10-17)18(2)15-24-21(22-3)23-13-14-26(25)16-19-7-5-4-6-8-19;/h4-12,18H,13-16H2,1-3H3,(H2,22,23,24);1H. The molecule has 2 atom stereocenters. The van der Waals surface area contributed by atoms with Crippen LogP contribution in [0.5, 0.6) is 0 Å². The highest BCUT2D eigenvalue weighted by Gasteiger charge is 2.07. The van der Waals surface area contributed by atoms with Gasteiger partial charge in [0, 0.05) is 42.4 Å². The van der Waals surface area contributed by atoms with Crippen molar-refractivity contribution in [2.24, 2.45) is 4.99 Å². The van der Waals surface area contributed by atoms with Crippen molar-refractivity contribution in [3.05, 3.63) is 71.3 Å². The van der Waals surface area contributed by atoms with Crippen molar-refractivity contribution in [2.45, 2.75) is 25.5 Å². The van der Waals surface area contributed by atoms with Gasteiger partial charge in [0.15, 0.2) is 5.96 Å². The van der Waals surface area contributed by atoms with E-state index in [1.165, 1.54) is 11.1 Å². The Morgan fingerprint density at radius 1 is 1.07 bits per heavy atom. The minimum atomic E-state index is -0.879. The molecule has 6 heteroatoms. The highest BCUT2D eigenvalue weighted by molar-refractivity contribution is 14.0. The third-order valence-electron chi connectivity index (χ3n) is 4.24. The third kappa shape index (κ3) is 8.88. The number of aliphatic imine (C=N–C) groups is 1. The van der Waals surface area contributed by atoms with Crippen LogP contribution in [-0.2, 0) is 16.6 Å². The van der Waals surface area contributed by atoms with E-state index in [1.54, 1.807) is 7.05 Å². The average molecular weight is 499 g/mol. The molecule has 2 rings (SSSR count). The second-order valence-electron chi connectivity index (χ2n) is 6.47. The van der Waals surface area contributed by atoms with Gasteiger partial charge >= 0.3 is 0 Å². The number of guanidine groups is 1. The normalized spacial score (nSPS) is 13.4. The predicted octanol–water partition coefficient (Wildman–Crippen LogP) is 3.83. The van der Waals surface area contributed by atoms with Crippen LogP contribution < -0.4 is 10.6 Å². The Balaban J connectivity index is 0.00000364. The fraction of sp³-hybridized carbons (Fsp3) is 0.381. The van der Waals surface area contributed by atoms with E-state index in [0.717, 1.165) is 18.1 Å². The number of nitrogens with one attached hydrogen (secondary N) is 2. The van der Waals surface area contributed by atoms with Crippen molar-refractivity contribution >= 4 is 40.7 Å². The Bertz CT molecular complexity index is 720. The molecule has 0 bridgehead atoms. The summed E-state index contributed by atoms with van der Waals surface area (Å²) >= 11 is 0. The number of hydrogen-bond acceptors (Lipinski definition) is 2. The first-order valence-electron chi connectivity index (χ1n) is 8.98. The lowest BCUT2D eigenvalue weighted by atomic mass is 10.0. The van der Waals surface area contributed by atoms with Gasteiger partial charge in [0.2, 0.25) is 0 Å². The summed E-state index contributed by atoms with van der Waals surface area (Å²) in [4.78, 5) is 4.24. The van der Waals surface area contributed by atoms with Gasteiger partial charge in [0.25, 0.3) is 0 Å². The zero-order valence-electron chi connectivity index (χ0n) is 16.3. The zero-order chi connectivity index (χ0) is 18.8. The van der Waals surface area contributed by atoms with E-state index in [2.05, 4.69) is 53.7 Å². The van der Waals surface area contributed by atoms with E-state index >= 15 is 0 Å². The van der Waals surface area contributed by atoms with E-state index in [0.29, 0.717) is 24.0 Å². The molecule has 2 aromatic carbocycles. The van der Waals surface area contributed by atoms with Gasteiger partial charge in [-0.3, -0.25) is 9.20 Å². The number of aryl methyl sites for hydroxylation is 1. The van der Waals surface area contributed by atoms with Gasteiger partial charge in [-0.15, -0.1) is 24.0 Å². The van der Waals surface area contributed by atoms with E-state index < -0.39 is 10.8 Å². The van der Waals surface area contributed by atoms with Crippen LogP contribution in [0.3, 0.4) is 0 Å². The van der Waals surface area contributed by atoms with Crippen LogP contribution in [-0.4, -0.2) is 36.1 Å². The van der Waals surface area contributed by atoms with Crippen molar-refractivity contribution in [3.8, 4) is 0 Å². The van der Waals surface area contributed by atoms with Crippen LogP contribution in [0.25, 0.3) is 0 Å². The maximum Gasteiger partial charge on any atom is 0.191 e. The maximum atomic E-state index is 12.2. The molecule has 148 valence electrons. The van der Waals surface area contributed by atoms with E-state index in [1.807, 2.05) is 30.3 Å². The van der Waals surface area contributed by atoms with Crippen LogP contribution in [0.1, 0.15) is 29.5 Å². The Morgan fingerprint density at radius 2 is 1.74 bits per heavy atom. The van der Waals surface area contributed by atoms with Crippen molar-refractivity contribution in [2.75, 3.05) is 25.9 Å². The molecule has 2 unspecified atom stereocenters. The summed E-state index contributed by atoms with van der Waals surface area (Å²) in [6.45, 7) is 5.73. The Labute approximate surface area is 182 Å². The summed E-state index contributed by atoms with van der Waals surface area (Å²) < 4.78 is 12.2. The maximum absolute atomic E-state index is 12.2. The molecule has 0 radical (unpaired) electrons. The molecule has 0 aliphatic heterocycles. The predicted molar refractivity (Wildman–Crippen MR) is 128 cm³/mol. The first-order valence-corrected chi connectivity index (χ1v) is 10.5. The fourth-order valence-electron chi connectivity index (χ4n) is 2.60. The smallest absolute Gasteiger partial charge is 0.191 e. The molecule has 0 heterocycles. The summed E-state index contributed by atoms with van der Waals surface area (Å²) in [5.74, 6) is 2.34. The van der Waals surface area contributed by atoms with Crippen LogP contribution in [0.15, 0.2) is 59.6 Å². The molecule has 27 heavy (non-hydrogen) atoms. The van der Waals surface area contributed by atoms with Gasteiger partial charge < -0.3 is 10.6 Å². The summed E-state index contributed by atoms with van der Waals surface area (Å²) in [5, 5.41) is 6.59. The summed E-state index contributed by atoms with van der Waals surface area (Å²) in [6.07, 6.45) is 0. The highest BCUT2D eigenvalue weighted by Crippen LogP contribution is 2.14. The quantitative estimate of drug-likeness (QED) is 0.330. The Kier molecular flexibility index (Phi) is 11.3. The van der Waals surface area contributed by atoms with Gasteiger partial charge in [0.1, 0.15) is 0 Å². The summed E-state index contributed by atoms with van der Waals surface area (Å²) in [6, 6.07) is 18.6. The van der Waals surface area contributed by atoms with Gasteiger partial charge in [-0.1, -0.05) is 67.1 Å². The molecule has 0 amide bonds. The van der Waals surface area contributed by atoms with Crippen molar-refractivity contribution in [3.63, 3.8) is 0 Å². The Morgan fingerprint density at radius 3 is 2.37 bits per heavy atom. The average Bonchev–Trinajstić information content (AvgIpc) is 2.65. The van der Waals surface area contributed by atoms with Crippen molar-refractivity contribution in [1.82, 2.24) is 10.6 Å². The summed E-state index contributed by atoms with van der Waals surface area (Å²) in [7, 11) is 0.877. The van der Waals surface area contributed by atoms with Gasteiger partial charge in [-0.2, -0.15) is 0 Å². The van der Waals surface area contributed by atoms with Crippen LogP contribution >= 0.6 is 24.0 Å². The zero-order valence-corrected chi connectivity index (χ0v) is 19.4. The lowest BCUT2D eigenvalue weighted by Crippen LogP contribution is -2.40. The third-order valence-corrected chi connectivity index (χ3v) is 5.55. The molecule has 2 aromatic rings. The van der Waals surface area contributed by atoms with Crippen molar-refractivity contribution in [1.29, 1.82) is 0 Å². The molecule has 0 fully saturated rings. The molecular weight excluding hydrogens is 469 g/mol. The first kappa shape index (κ1) is 23.6. The lowest BCUT2D eigenvalue weighted by Gasteiger charge is -2.16. The molecule has 0 saturated heterocycles. The lowest BCUT2D eigenvalue weighted by molar-refractivity contribution is 0.679. The van der Waals surface area contributed by atoms with Crippen LogP contribution in [0.4, 0.5) is 0 Å². The van der Waals surface area contributed by atoms with Crippen LogP contribution in [0, 0.1) is 6.92 Å². The number of rotatable bonds is 8. The topological polar surface area (TPSA) is 53.5 Å². The molecule has 0 aromatic heterocycles. The van der Waals surface area contributed by atoms with E-state index in [9.17, 15) is 4.21 Å². The largest absolute Gasteiger partial charge is 0.356 e. The fourth-order valence-corrected chi connectivity index (χ4v) is 3.64. The van der Waals surface area contributed by atoms with Gasteiger partial charge in [0.05, 0.1) is 0 Å². The minimum absolute atomic E-state index is 0. The molecule has 0 aliphatic rings. The molecule has 2 N–H and O–H groups in total. The number of halogens is 1. The SMILES string of the molecule is CN=C(NCCS(=O)Cc1ccccc1)NCC(C)c1ccc(C)cc1.I. The molecule has 0 saturated carbocycles. The minimum Gasteiger partial charge on any atom is -0.356 e. The Hall–Kier alpha value is -1.41. The second kappa shape index (κ2) is 12.9. The molecule has 0 aliphatic carbocycles.